The molecular formula is C12H14N4S. The number of aromatic nitrogens is 3. The van der Waals surface area contributed by atoms with Gasteiger partial charge in [-0.2, -0.15) is 0 Å². The number of rotatable bonds is 1. The van der Waals surface area contributed by atoms with E-state index in [1.54, 1.807) is 11.3 Å². The highest BCUT2D eigenvalue weighted by Crippen LogP contribution is 2.34. The molecule has 2 heterocycles. The second-order valence-electron chi connectivity index (χ2n) is 4.41. The first-order valence-corrected chi connectivity index (χ1v) is 6.60. The van der Waals surface area contributed by atoms with E-state index in [1.807, 2.05) is 19.3 Å². The molecule has 2 N–H and O–H groups in total. The first-order valence-electron chi connectivity index (χ1n) is 5.78. The van der Waals surface area contributed by atoms with Gasteiger partial charge in [0.2, 0.25) is 0 Å². The Balaban J connectivity index is 2.02. The summed E-state index contributed by atoms with van der Waals surface area (Å²) in [5.41, 5.74) is 8.18. The summed E-state index contributed by atoms with van der Waals surface area (Å²) in [6.07, 6.45) is 6.92. The minimum absolute atomic E-state index is 0.0919. The highest BCUT2D eigenvalue weighted by Gasteiger charge is 2.22. The molecule has 0 saturated heterocycles. The second kappa shape index (κ2) is 4.16. The molecule has 1 aliphatic carbocycles. The number of nitrogens with two attached hydrogens (primary N) is 1. The molecule has 2 aromatic heterocycles. The molecule has 1 aliphatic rings. The average molecular weight is 246 g/mol. The number of nitrogens with zero attached hydrogens (tertiary/aromatic N) is 3. The van der Waals surface area contributed by atoms with Crippen LogP contribution < -0.4 is 5.73 Å². The standard InChI is InChI=1S/C12H14N4S/c1-7-5-14-11(15-6-7)12-16-10-8(13)3-2-4-9(10)17-12/h5-6,8H,2-4,13H2,1H3. The van der Waals surface area contributed by atoms with Gasteiger partial charge in [-0.15, -0.1) is 11.3 Å². The van der Waals surface area contributed by atoms with Crippen molar-refractivity contribution in [2.45, 2.75) is 32.2 Å². The van der Waals surface area contributed by atoms with Gasteiger partial charge in [-0.3, -0.25) is 0 Å². The topological polar surface area (TPSA) is 64.7 Å². The van der Waals surface area contributed by atoms with Gasteiger partial charge in [0.25, 0.3) is 0 Å². The van der Waals surface area contributed by atoms with Gasteiger partial charge in [-0.25, -0.2) is 15.0 Å². The fourth-order valence-electron chi connectivity index (χ4n) is 2.05. The maximum Gasteiger partial charge on any atom is 0.188 e. The monoisotopic (exact) mass is 246 g/mol. The molecule has 3 rings (SSSR count). The van der Waals surface area contributed by atoms with Gasteiger partial charge in [0.05, 0.1) is 5.69 Å². The van der Waals surface area contributed by atoms with Gasteiger partial charge in [-0.1, -0.05) is 0 Å². The van der Waals surface area contributed by atoms with Gasteiger partial charge in [0.15, 0.2) is 10.8 Å². The third-order valence-electron chi connectivity index (χ3n) is 2.97. The molecule has 1 atom stereocenters. The molecule has 0 fully saturated rings. The predicted molar refractivity (Wildman–Crippen MR) is 67.7 cm³/mol. The summed E-state index contributed by atoms with van der Waals surface area (Å²) >= 11 is 1.68. The molecule has 4 nitrogen and oxygen atoms in total. The van der Waals surface area contributed by atoms with Crippen LogP contribution in [-0.2, 0) is 6.42 Å². The summed E-state index contributed by atoms with van der Waals surface area (Å²) in [5.74, 6) is 0.710. The maximum atomic E-state index is 6.07. The van der Waals surface area contributed by atoms with Gasteiger partial charge in [0, 0.05) is 23.3 Å². The van der Waals surface area contributed by atoms with Crippen LogP contribution in [0, 0.1) is 6.92 Å². The van der Waals surface area contributed by atoms with E-state index in [0.717, 1.165) is 35.5 Å². The quantitative estimate of drug-likeness (QED) is 0.838. The lowest BCUT2D eigenvalue weighted by Crippen LogP contribution is -2.16. The van der Waals surface area contributed by atoms with Crippen LogP contribution in [-0.4, -0.2) is 15.0 Å². The van der Waals surface area contributed by atoms with Crippen molar-refractivity contribution in [1.29, 1.82) is 0 Å². The third-order valence-corrected chi connectivity index (χ3v) is 4.10. The Labute approximate surface area is 104 Å². The van der Waals surface area contributed by atoms with E-state index in [9.17, 15) is 0 Å². The summed E-state index contributed by atoms with van der Waals surface area (Å²) < 4.78 is 0. The maximum absolute atomic E-state index is 6.07. The molecule has 5 heteroatoms. The van der Waals surface area contributed by atoms with Gasteiger partial charge in [0.1, 0.15) is 0 Å². The smallest absolute Gasteiger partial charge is 0.188 e. The van der Waals surface area contributed by atoms with Crippen molar-refractivity contribution in [3.05, 3.63) is 28.5 Å². The molecule has 0 spiro atoms. The Morgan fingerprint density at radius 2 is 2.12 bits per heavy atom. The molecule has 0 aliphatic heterocycles. The van der Waals surface area contributed by atoms with Crippen LogP contribution in [0.5, 0.6) is 0 Å². The third kappa shape index (κ3) is 1.96. The number of hydrogen-bond acceptors (Lipinski definition) is 5. The van der Waals surface area contributed by atoms with Crippen LogP contribution in [0.15, 0.2) is 12.4 Å². The largest absolute Gasteiger partial charge is 0.323 e. The van der Waals surface area contributed by atoms with Crippen molar-refractivity contribution in [2.75, 3.05) is 0 Å². The van der Waals surface area contributed by atoms with Crippen molar-refractivity contribution in [3.63, 3.8) is 0 Å². The van der Waals surface area contributed by atoms with E-state index in [0.29, 0.717) is 5.82 Å². The number of aryl methyl sites for hydroxylation is 2. The molecule has 0 saturated carbocycles. The predicted octanol–water partition coefficient (Wildman–Crippen LogP) is 2.24. The lowest BCUT2D eigenvalue weighted by atomic mass is 9.99. The molecule has 88 valence electrons. The first-order chi connectivity index (χ1) is 8.24. The van der Waals surface area contributed by atoms with Crippen molar-refractivity contribution in [3.8, 4) is 10.8 Å². The minimum Gasteiger partial charge on any atom is -0.323 e. The highest BCUT2D eigenvalue weighted by molar-refractivity contribution is 7.15. The van der Waals surface area contributed by atoms with Crippen LogP contribution in [0.3, 0.4) is 0 Å². The normalized spacial score (nSPS) is 19.1. The summed E-state index contributed by atoms with van der Waals surface area (Å²) in [5, 5.41) is 0.896. The molecule has 0 radical (unpaired) electrons. The highest BCUT2D eigenvalue weighted by atomic mass is 32.1. The summed E-state index contributed by atoms with van der Waals surface area (Å²) in [6.45, 7) is 1.98. The van der Waals surface area contributed by atoms with Gasteiger partial charge >= 0.3 is 0 Å². The van der Waals surface area contributed by atoms with Crippen LogP contribution in [0.25, 0.3) is 10.8 Å². The van der Waals surface area contributed by atoms with Crippen LogP contribution >= 0.6 is 11.3 Å². The number of fused-ring (bicyclic) bond motifs is 1. The molecule has 1 unspecified atom stereocenters. The molecule has 17 heavy (non-hydrogen) atoms. The van der Waals surface area contributed by atoms with Crippen LogP contribution in [0.4, 0.5) is 0 Å². The fraction of sp³-hybridized carbons (Fsp3) is 0.417. The fourth-order valence-corrected chi connectivity index (χ4v) is 3.17. The second-order valence-corrected chi connectivity index (χ2v) is 5.49. The number of hydrogen-bond donors (Lipinski definition) is 1. The molecular weight excluding hydrogens is 232 g/mol. The van der Waals surface area contributed by atoms with Crippen molar-refractivity contribution < 1.29 is 0 Å². The zero-order valence-electron chi connectivity index (χ0n) is 9.68. The Kier molecular flexibility index (Phi) is 2.64. The van der Waals surface area contributed by atoms with E-state index in [4.69, 9.17) is 5.73 Å². The van der Waals surface area contributed by atoms with Gasteiger partial charge in [-0.05, 0) is 31.7 Å². The molecule has 2 aromatic rings. The van der Waals surface area contributed by atoms with E-state index in [2.05, 4.69) is 15.0 Å². The van der Waals surface area contributed by atoms with E-state index < -0.39 is 0 Å². The lowest BCUT2D eigenvalue weighted by Gasteiger charge is -2.15. The molecule has 0 bridgehead atoms. The Morgan fingerprint density at radius 1 is 1.35 bits per heavy atom. The zero-order valence-corrected chi connectivity index (χ0v) is 10.5. The van der Waals surface area contributed by atoms with E-state index in [-0.39, 0.29) is 6.04 Å². The Morgan fingerprint density at radius 3 is 2.82 bits per heavy atom. The SMILES string of the molecule is Cc1cnc(-c2nc3c(s2)CCCC3N)nc1. The van der Waals surface area contributed by atoms with Crippen LogP contribution in [0.2, 0.25) is 0 Å². The first kappa shape index (κ1) is 10.8. The van der Waals surface area contributed by atoms with Crippen molar-refractivity contribution in [1.82, 2.24) is 15.0 Å². The summed E-state index contributed by atoms with van der Waals surface area (Å²) in [4.78, 5) is 14.5. The average Bonchev–Trinajstić information content (AvgIpc) is 2.75. The Bertz CT molecular complexity index is 532. The molecule has 0 aromatic carbocycles. The number of thiazole rings is 1. The summed E-state index contributed by atoms with van der Waals surface area (Å²) in [7, 11) is 0. The Hall–Kier alpha value is -1.33. The van der Waals surface area contributed by atoms with Crippen molar-refractivity contribution >= 4 is 11.3 Å². The van der Waals surface area contributed by atoms with E-state index >= 15 is 0 Å². The van der Waals surface area contributed by atoms with Gasteiger partial charge < -0.3 is 5.73 Å². The van der Waals surface area contributed by atoms with E-state index in [1.165, 1.54) is 4.88 Å². The minimum atomic E-state index is 0.0919. The zero-order chi connectivity index (χ0) is 11.8. The van der Waals surface area contributed by atoms with Crippen molar-refractivity contribution in [2.24, 2.45) is 5.73 Å². The van der Waals surface area contributed by atoms with Crippen LogP contribution in [0.1, 0.15) is 35.0 Å². The molecule has 0 amide bonds. The summed E-state index contributed by atoms with van der Waals surface area (Å²) in [6, 6.07) is 0.0919. The lowest BCUT2D eigenvalue weighted by molar-refractivity contribution is 0.564.